The van der Waals surface area contributed by atoms with E-state index in [9.17, 15) is 8.78 Å². The molecule has 0 aromatic heterocycles. The molecule has 52 valence electrons. The first-order valence-corrected chi connectivity index (χ1v) is 2.80. The second-order valence-corrected chi connectivity index (χ2v) is 1.94. The molecule has 11 heavy (non-hydrogen) atoms. The van der Waals surface area contributed by atoms with Gasteiger partial charge in [-0.2, -0.15) is 5.26 Å². The van der Waals surface area contributed by atoms with E-state index < -0.39 is 17.2 Å². The van der Waals surface area contributed by atoms with Crippen LogP contribution in [0.5, 0.6) is 0 Å². The number of benzene rings is 1. The zero-order valence-electron chi connectivity index (χ0n) is 5.44. The highest BCUT2D eigenvalue weighted by atomic mass is 19.1. The molecule has 1 nitrogen and oxygen atoms in total. The lowest BCUT2D eigenvalue weighted by molar-refractivity contribution is 0.582. The van der Waals surface area contributed by atoms with Gasteiger partial charge in [0.05, 0.1) is 0 Å². The molecule has 4 heteroatoms. The average molecular weight is 149 g/mol. The van der Waals surface area contributed by atoms with Crippen molar-refractivity contribution in [1.29, 1.82) is 5.26 Å². The summed E-state index contributed by atoms with van der Waals surface area (Å²) >= 11 is 0. The Hall–Kier alpha value is -1.37. The molecule has 0 saturated carbocycles. The van der Waals surface area contributed by atoms with Crippen LogP contribution in [-0.4, -0.2) is 7.85 Å². The van der Waals surface area contributed by atoms with Crippen molar-refractivity contribution in [2.24, 2.45) is 0 Å². The number of nitriles is 1. The summed E-state index contributed by atoms with van der Waals surface area (Å²) in [6, 6.07) is 3.40. The number of hydrogen-bond acceptors (Lipinski definition) is 1. The number of halogens is 2. The van der Waals surface area contributed by atoms with Crippen LogP contribution in [0.25, 0.3) is 0 Å². The molecule has 0 heterocycles. The maximum atomic E-state index is 12.7. The van der Waals surface area contributed by atoms with Crippen molar-refractivity contribution in [3.8, 4) is 6.07 Å². The smallest absolute Gasteiger partial charge is 0.143 e. The number of nitrogens with zero attached hydrogens (tertiary/aromatic N) is 1. The molecule has 0 fully saturated rings. The van der Waals surface area contributed by atoms with Crippen LogP contribution in [0.4, 0.5) is 8.78 Å². The Balaban J connectivity index is 3.44. The maximum Gasteiger partial charge on any atom is 0.143 e. The first kappa shape index (κ1) is 7.74. The van der Waals surface area contributed by atoms with Crippen LogP contribution in [-0.2, 0) is 0 Å². The summed E-state index contributed by atoms with van der Waals surface area (Å²) < 4.78 is 25.2. The second kappa shape index (κ2) is 2.71. The van der Waals surface area contributed by atoms with Gasteiger partial charge in [-0.15, -0.1) is 0 Å². The van der Waals surface area contributed by atoms with E-state index in [-0.39, 0.29) is 5.46 Å². The molecular formula is C7H2BF2N. The molecule has 0 saturated heterocycles. The SMILES string of the molecule is [B]c1ccc(F)c(C#N)c1F. The van der Waals surface area contributed by atoms with Crippen molar-refractivity contribution in [1.82, 2.24) is 0 Å². The third kappa shape index (κ3) is 1.22. The van der Waals surface area contributed by atoms with E-state index in [2.05, 4.69) is 0 Å². The van der Waals surface area contributed by atoms with Gasteiger partial charge in [0.15, 0.2) is 0 Å². The molecule has 1 rings (SSSR count). The lowest BCUT2D eigenvalue weighted by atomic mass is 9.93. The molecule has 1 aromatic rings. The first-order valence-electron chi connectivity index (χ1n) is 2.80. The Morgan fingerprint density at radius 1 is 1.36 bits per heavy atom. The molecule has 0 unspecified atom stereocenters. The average Bonchev–Trinajstić information content (AvgIpc) is 1.99. The Bertz CT molecular complexity index is 330. The molecule has 0 N–H and O–H groups in total. The van der Waals surface area contributed by atoms with Crippen LogP contribution in [0, 0.1) is 23.0 Å². The molecule has 0 aliphatic rings. The summed E-state index contributed by atoms with van der Waals surface area (Å²) in [5.74, 6) is -1.88. The Labute approximate surface area is 63.7 Å². The van der Waals surface area contributed by atoms with Gasteiger partial charge in [-0.1, -0.05) is 11.5 Å². The topological polar surface area (TPSA) is 23.8 Å². The van der Waals surface area contributed by atoms with Crippen molar-refractivity contribution in [2.75, 3.05) is 0 Å². The summed E-state index contributed by atoms with van der Waals surface area (Å²) in [4.78, 5) is 0. The van der Waals surface area contributed by atoms with Crippen LogP contribution >= 0.6 is 0 Å². The second-order valence-electron chi connectivity index (χ2n) is 1.94. The fraction of sp³-hybridized carbons (Fsp3) is 0. The van der Waals surface area contributed by atoms with Crippen LogP contribution in [0.2, 0.25) is 0 Å². The van der Waals surface area contributed by atoms with Crippen molar-refractivity contribution < 1.29 is 8.78 Å². The van der Waals surface area contributed by atoms with Crippen molar-refractivity contribution in [3.05, 3.63) is 29.3 Å². The summed E-state index contributed by atoms with van der Waals surface area (Å²) in [6.45, 7) is 0. The highest BCUT2D eigenvalue weighted by Gasteiger charge is 2.08. The summed E-state index contributed by atoms with van der Waals surface area (Å²) in [7, 11) is 5.07. The minimum atomic E-state index is -0.993. The van der Waals surface area contributed by atoms with Gasteiger partial charge in [0, 0.05) is 0 Å². The molecule has 0 atom stereocenters. The zero-order chi connectivity index (χ0) is 8.43. The maximum absolute atomic E-state index is 12.7. The summed E-state index contributed by atoms with van der Waals surface area (Å²) in [5, 5.41) is 8.24. The Morgan fingerprint density at radius 3 is 2.45 bits per heavy atom. The minimum absolute atomic E-state index is 0.219. The van der Waals surface area contributed by atoms with Crippen LogP contribution in [0.3, 0.4) is 0 Å². The minimum Gasteiger partial charge on any atom is -0.206 e. The van der Waals surface area contributed by atoms with E-state index >= 15 is 0 Å². The third-order valence-electron chi connectivity index (χ3n) is 1.23. The van der Waals surface area contributed by atoms with Gasteiger partial charge in [0.2, 0.25) is 0 Å². The Kier molecular flexibility index (Phi) is 1.90. The lowest BCUT2D eigenvalue weighted by Crippen LogP contribution is -2.11. The predicted octanol–water partition coefficient (Wildman–Crippen LogP) is 0.630. The van der Waals surface area contributed by atoms with Crippen molar-refractivity contribution in [3.63, 3.8) is 0 Å². The predicted molar refractivity (Wildman–Crippen MR) is 36.5 cm³/mol. The van der Waals surface area contributed by atoms with Crippen molar-refractivity contribution >= 4 is 13.3 Å². The molecular weight excluding hydrogens is 147 g/mol. The highest BCUT2D eigenvalue weighted by Crippen LogP contribution is 2.07. The Morgan fingerprint density at radius 2 is 2.00 bits per heavy atom. The monoisotopic (exact) mass is 149 g/mol. The van der Waals surface area contributed by atoms with E-state index in [0.717, 1.165) is 12.1 Å². The van der Waals surface area contributed by atoms with Gasteiger partial charge in [-0.05, 0) is 6.07 Å². The van der Waals surface area contributed by atoms with E-state index in [0.29, 0.717) is 0 Å². The molecule has 1 aromatic carbocycles. The van der Waals surface area contributed by atoms with Gasteiger partial charge in [-0.3, -0.25) is 0 Å². The highest BCUT2D eigenvalue weighted by molar-refractivity contribution is 6.32. The quantitative estimate of drug-likeness (QED) is 0.496. The third-order valence-corrected chi connectivity index (χ3v) is 1.23. The molecule has 0 spiro atoms. The fourth-order valence-corrected chi connectivity index (χ4v) is 0.671. The van der Waals surface area contributed by atoms with E-state index in [1.807, 2.05) is 0 Å². The fourth-order valence-electron chi connectivity index (χ4n) is 0.671. The van der Waals surface area contributed by atoms with Crippen molar-refractivity contribution in [2.45, 2.75) is 0 Å². The molecule has 2 radical (unpaired) electrons. The standard InChI is InChI=1S/C7H2BF2N/c8-5-1-2-6(9)4(3-11)7(5)10/h1-2H. The molecule has 0 amide bonds. The van der Waals surface area contributed by atoms with Gasteiger partial charge >= 0.3 is 0 Å². The molecule has 0 aliphatic heterocycles. The van der Waals surface area contributed by atoms with Crippen LogP contribution in [0.1, 0.15) is 5.56 Å². The van der Waals surface area contributed by atoms with Crippen LogP contribution < -0.4 is 5.46 Å². The molecule has 0 aliphatic carbocycles. The zero-order valence-corrected chi connectivity index (χ0v) is 5.44. The van der Waals surface area contributed by atoms with Crippen LogP contribution in [0.15, 0.2) is 12.1 Å². The van der Waals surface area contributed by atoms with Gasteiger partial charge in [0.1, 0.15) is 31.1 Å². The summed E-state index contributed by atoms with van der Waals surface area (Å²) in [5.41, 5.74) is -0.854. The molecule has 0 bridgehead atoms. The number of hydrogen-bond donors (Lipinski definition) is 0. The summed E-state index contributed by atoms with van der Waals surface area (Å²) in [6.07, 6.45) is 0. The van der Waals surface area contributed by atoms with E-state index in [4.69, 9.17) is 13.1 Å². The number of rotatable bonds is 0. The van der Waals surface area contributed by atoms with Gasteiger partial charge < -0.3 is 0 Å². The lowest BCUT2D eigenvalue weighted by Gasteiger charge is -1.98. The largest absolute Gasteiger partial charge is 0.206 e. The first-order chi connectivity index (χ1) is 5.16. The normalized spacial score (nSPS) is 9.18. The van der Waals surface area contributed by atoms with Gasteiger partial charge in [-0.25, -0.2) is 8.78 Å². The van der Waals surface area contributed by atoms with Gasteiger partial charge in [0.25, 0.3) is 0 Å². The van der Waals surface area contributed by atoms with E-state index in [1.165, 1.54) is 6.07 Å². The van der Waals surface area contributed by atoms with E-state index in [1.54, 1.807) is 0 Å².